The lowest BCUT2D eigenvalue weighted by molar-refractivity contribution is -0.137. The summed E-state index contributed by atoms with van der Waals surface area (Å²) in [5.74, 6) is 0.183. The molecule has 0 spiro atoms. The van der Waals surface area contributed by atoms with Crippen molar-refractivity contribution in [3.05, 3.63) is 41.8 Å². The predicted molar refractivity (Wildman–Crippen MR) is 52.9 cm³/mol. The third-order valence-electron chi connectivity index (χ3n) is 2.17. The van der Waals surface area contributed by atoms with E-state index in [0.717, 1.165) is 12.1 Å². The summed E-state index contributed by atoms with van der Waals surface area (Å²) < 4.78 is 41.9. The molecule has 2 aromatic rings. The molecular formula is C11H8F3NO2. The van der Waals surface area contributed by atoms with E-state index in [9.17, 15) is 13.2 Å². The number of aromatic nitrogens is 1. The second-order valence-electron chi connectivity index (χ2n) is 3.38. The Bertz CT molecular complexity index is 502. The van der Waals surface area contributed by atoms with Gasteiger partial charge in [0, 0.05) is 5.56 Å². The van der Waals surface area contributed by atoms with Crippen molar-refractivity contribution in [2.45, 2.75) is 12.8 Å². The van der Waals surface area contributed by atoms with Crippen LogP contribution in [0, 0.1) is 0 Å². The second kappa shape index (κ2) is 4.21. The molecular weight excluding hydrogens is 235 g/mol. The van der Waals surface area contributed by atoms with Crippen LogP contribution in [-0.4, -0.2) is 10.1 Å². The second-order valence-corrected chi connectivity index (χ2v) is 3.38. The SMILES string of the molecule is OCc1coc(-c2ccc(C(F)(F)F)cc2)n1. The van der Waals surface area contributed by atoms with Crippen LogP contribution >= 0.6 is 0 Å². The maximum absolute atomic E-state index is 12.3. The molecule has 1 aromatic heterocycles. The summed E-state index contributed by atoms with van der Waals surface area (Å²) in [6.45, 7) is -0.274. The normalized spacial score (nSPS) is 11.8. The molecule has 0 aliphatic carbocycles. The molecule has 0 fully saturated rings. The Morgan fingerprint density at radius 3 is 2.29 bits per heavy atom. The van der Waals surface area contributed by atoms with E-state index in [-0.39, 0.29) is 12.5 Å². The van der Waals surface area contributed by atoms with Crippen molar-refractivity contribution in [2.24, 2.45) is 0 Å². The van der Waals surface area contributed by atoms with E-state index in [4.69, 9.17) is 9.52 Å². The molecule has 0 aliphatic rings. The predicted octanol–water partition coefficient (Wildman–Crippen LogP) is 2.85. The number of oxazole rings is 1. The fourth-order valence-corrected chi connectivity index (χ4v) is 1.31. The Kier molecular flexibility index (Phi) is 2.89. The van der Waals surface area contributed by atoms with E-state index >= 15 is 0 Å². The van der Waals surface area contributed by atoms with Crippen LogP contribution in [-0.2, 0) is 12.8 Å². The summed E-state index contributed by atoms with van der Waals surface area (Å²) in [6, 6.07) is 4.46. The van der Waals surface area contributed by atoms with Gasteiger partial charge in [-0.15, -0.1) is 0 Å². The van der Waals surface area contributed by atoms with Crippen molar-refractivity contribution >= 4 is 0 Å². The van der Waals surface area contributed by atoms with E-state index < -0.39 is 11.7 Å². The van der Waals surface area contributed by atoms with Crippen molar-refractivity contribution in [2.75, 3.05) is 0 Å². The van der Waals surface area contributed by atoms with E-state index in [2.05, 4.69) is 4.98 Å². The lowest BCUT2D eigenvalue weighted by atomic mass is 10.1. The van der Waals surface area contributed by atoms with Crippen LogP contribution < -0.4 is 0 Å². The van der Waals surface area contributed by atoms with Gasteiger partial charge in [-0.05, 0) is 24.3 Å². The number of hydrogen-bond donors (Lipinski definition) is 1. The van der Waals surface area contributed by atoms with Gasteiger partial charge in [0.2, 0.25) is 5.89 Å². The zero-order valence-corrected chi connectivity index (χ0v) is 8.53. The molecule has 17 heavy (non-hydrogen) atoms. The van der Waals surface area contributed by atoms with Crippen LogP contribution in [0.15, 0.2) is 34.9 Å². The molecule has 0 radical (unpaired) electrons. The van der Waals surface area contributed by atoms with Gasteiger partial charge in [-0.25, -0.2) is 4.98 Å². The molecule has 3 nitrogen and oxygen atoms in total. The number of aliphatic hydroxyl groups is 1. The van der Waals surface area contributed by atoms with Crippen LogP contribution in [0.1, 0.15) is 11.3 Å². The molecule has 0 amide bonds. The largest absolute Gasteiger partial charge is 0.444 e. The summed E-state index contributed by atoms with van der Waals surface area (Å²) in [4.78, 5) is 3.89. The molecule has 0 aliphatic heterocycles. The molecule has 0 bridgehead atoms. The summed E-state index contributed by atoms with van der Waals surface area (Å²) in [7, 11) is 0. The number of benzene rings is 1. The zero-order chi connectivity index (χ0) is 12.5. The van der Waals surface area contributed by atoms with Crippen LogP contribution in [0.25, 0.3) is 11.5 Å². The van der Waals surface area contributed by atoms with Crippen molar-refractivity contribution in [1.29, 1.82) is 0 Å². The first-order valence-corrected chi connectivity index (χ1v) is 4.73. The number of aliphatic hydroxyl groups excluding tert-OH is 1. The molecule has 0 saturated carbocycles. The average molecular weight is 243 g/mol. The van der Waals surface area contributed by atoms with E-state index in [0.29, 0.717) is 11.3 Å². The summed E-state index contributed by atoms with van der Waals surface area (Å²) in [5, 5.41) is 8.78. The van der Waals surface area contributed by atoms with Crippen LogP contribution in [0.5, 0.6) is 0 Å². The van der Waals surface area contributed by atoms with E-state index in [1.807, 2.05) is 0 Å². The number of alkyl halides is 3. The van der Waals surface area contributed by atoms with Gasteiger partial charge in [0.05, 0.1) is 12.2 Å². The highest BCUT2D eigenvalue weighted by Gasteiger charge is 2.30. The van der Waals surface area contributed by atoms with E-state index in [1.54, 1.807) is 0 Å². The molecule has 0 saturated heterocycles. The fourth-order valence-electron chi connectivity index (χ4n) is 1.31. The fraction of sp³-hybridized carbons (Fsp3) is 0.182. The maximum Gasteiger partial charge on any atom is 0.416 e. The monoisotopic (exact) mass is 243 g/mol. The van der Waals surface area contributed by atoms with Crippen molar-refractivity contribution in [3.8, 4) is 11.5 Å². The maximum atomic E-state index is 12.3. The first kappa shape index (κ1) is 11.7. The Hall–Kier alpha value is -1.82. The lowest BCUT2D eigenvalue weighted by Gasteiger charge is -2.05. The third-order valence-corrected chi connectivity index (χ3v) is 2.17. The zero-order valence-electron chi connectivity index (χ0n) is 8.53. The van der Waals surface area contributed by atoms with Gasteiger partial charge in [0.1, 0.15) is 12.0 Å². The number of halogens is 3. The smallest absolute Gasteiger partial charge is 0.416 e. The molecule has 2 rings (SSSR count). The molecule has 90 valence electrons. The van der Waals surface area contributed by atoms with Crippen molar-refractivity contribution in [3.63, 3.8) is 0 Å². The van der Waals surface area contributed by atoms with Crippen LogP contribution in [0.4, 0.5) is 13.2 Å². The Labute approximate surface area is 94.5 Å². The minimum absolute atomic E-state index is 0.183. The minimum atomic E-state index is -4.36. The van der Waals surface area contributed by atoms with Crippen molar-refractivity contribution < 1.29 is 22.7 Å². The van der Waals surface area contributed by atoms with Crippen LogP contribution in [0.2, 0.25) is 0 Å². The van der Waals surface area contributed by atoms with Gasteiger partial charge in [-0.1, -0.05) is 0 Å². The molecule has 1 heterocycles. The molecule has 6 heteroatoms. The molecule has 0 unspecified atom stereocenters. The quantitative estimate of drug-likeness (QED) is 0.882. The highest BCUT2D eigenvalue weighted by Crippen LogP contribution is 2.30. The van der Waals surface area contributed by atoms with Gasteiger partial charge in [-0.3, -0.25) is 0 Å². The Morgan fingerprint density at radius 2 is 1.82 bits per heavy atom. The molecule has 0 atom stereocenters. The standard InChI is InChI=1S/C11H8F3NO2/c12-11(13,14)8-3-1-7(2-4-8)10-15-9(5-16)6-17-10/h1-4,6,16H,5H2. The van der Waals surface area contributed by atoms with Gasteiger partial charge in [0.15, 0.2) is 0 Å². The topological polar surface area (TPSA) is 46.3 Å². The number of nitrogens with zero attached hydrogens (tertiary/aromatic N) is 1. The molecule has 1 N–H and O–H groups in total. The highest BCUT2D eigenvalue weighted by molar-refractivity contribution is 5.53. The first-order valence-electron chi connectivity index (χ1n) is 4.73. The summed E-state index contributed by atoms with van der Waals surface area (Å²) in [6.07, 6.45) is -3.10. The van der Waals surface area contributed by atoms with Gasteiger partial charge in [0.25, 0.3) is 0 Å². The average Bonchev–Trinajstić information content (AvgIpc) is 2.76. The molecule has 1 aromatic carbocycles. The highest BCUT2D eigenvalue weighted by atomic mass is 19.4. The number of rotatable bonds is 2. The van der Waals surface area contributed by atoms with Crippen molar-refractivity contribution in [1.82, 2.24) is 4.98 Å². The summed E-state index contributed by atoms with van der Waals surface area (Å²) in [5.41, 5.74) is 0.0350. The minimum Gasteiger partial charge on any atom is -0.444 e. The van der Waals surface area contributed by atoms with E-state index in [1.165, 1.54) is 18.4 Å². The number of hydrogen-bond acceptors (Lipinski definition) is 3. The van der Waals surface area contributed by atoms with Crippen LogP contribution in [0.3, 0.4) is 0 Å². The van der Waals surface area contributed by atoms with Gasteiger partial charge in [-0.2, -0.15) is 13.2 Å². The third kappa shape index (κ3) is 2.47. The Balaban J connectivity index is 2.29. The van der Waals surface area contributed by atoms with Gasteiger partial charge >= 0.3 is 6.18 Å². The van der Waals surface area contributed by atoms with Gasteiger partial charge < -0.3 is 9.52 Å². The first-order chi connectivity index (χ1) is 8.00. The summed E-state index contributed by atoms with van der Waals surface area (Å²) >= 11 is 0. The Morgan fingerprint density at radius 1 is 1.18 bits per heavy atom. The lowest BCUT2D eigenvalue weighted by Crippen LogP contribution is -2.03.